The van der Waals surface area contributed by atoms with Crippen LogP contribution in [0.4, 0.5) is 0 Å². The zero-order valence-corrected chi connectivity index (χ0v) is 9.84. The third-order valence-electron chi connectivity index (χ3n) is 2.49. The number of aromatic nitrogens is 1. The number of fused-ring (bicyclic) bond motifs is 1. The number of ether oxygens (including phenoxy) is 1. The number of amides is 1. The highest BCUT2D eigenvalue weighted by Crippen LogP contribution is 2.13. The molecule has 1 aromatic carbocycles. The van der Waals surface area contributed by atoms with Crippen LogP contribution in [-0.2, 0) is 9.53 Å². The summed E-state index contributed by atoms with van der Waals surface area (Å²) in [7, 11) is 1.27. The number of rotatable bonds is 3. The van der Waals surface area contributed by atoms with Gasteiger partial charge in [-0.25, -0.2) is 0 Å². The largest absolute Gasteiger partial charge is 0.468 e. The standard InChI is InChI=1S/C13H12N2O3/c1-18-12(16)8-15-13(17)10-4-5-11-9(7-10)3-2-6-14-11/h2-7H,8H2,1H3,(H,15,17). The van der Waals surface area contributed by atoms with E-state index in [0.29, 0.717) is 5.56 Å². The fourth-order valence-corrected chi connectivity index (χ4v) is 1.54. The van der Waals surface area contributed by atoms with Gasteiger partial charge in [-0.2, -0.15) is 0 Å². The van der Waals surface area contributed by atoms with E-state index in [0.717, 1.165) is 10.9 Å². The summed E-state index contributed by atoms with van der Waals surface area (Å²) in [6, 6.07) is 8.84. The van der Waals surface area contributed by atoms with E-state index in [2.05, 4.69) is 15.0 Å². The SMILES string of the molecule is COC(=O)CNC(=O)c1ccc2ncccc2c1. The number of esters is 1. The van der Waals surface area contributed by atoms with E-state index >= 15 is 0 Å². The first kappa shape index (κ1) is 12.0. The molecule has 0 aliphatic heterocycles. The van der Waals surface area contributed by atoms with E-state index in [-0.39, 0.29) is 12.5 Å². The Kier molecular flexibility index (Phi) is 3.52. The van der Waals surface area contributed by atoms with E-state index in [1.165, 1.54) is 7.11 Å². The Labute approximate surface area is 104 Å². The lowest BCUT2D eigenvalue weighted by molar-refractivity contribution is -0.139. The maximum atomic E-state index is 11.8. The number of hydrogen-bond acceptors (Lipinski definition) is 4. The molecule has 0 aliphatic rings. The zero-order chi connectivity index (χ0) is 13.0. The number of carbonyl (C=O) groups is 2. The van der Waals surface area contributed by atoms with Gasteiger partial charge in [0.05, 0.1) is 12.6 Å². The molecular formula is C13H12N2O3. The number of nitrogens with one attached hydrogen (secondary N) is 1. The van der Waals surface area contributed by atoms with Crippen LogP contribution in [0, 0.1) is 0 Å². The molecule has 1 amide bonds. The second-order valence-electron chi connectivity index (χ2n) is 3.67. The van der Waals surface area contributed by atoms with Crippen molar-refractivity contribution in [2.45, 2.75) is 0 Å². The minimum Gasteiger partial charge on any atom is -0.468 e. The van der Waals surface area contributed by atoms with Gasteiger partial charge in [-0.05, 0) is 24.3 Å². The van der Waals surface area contributed by atoms with Crippen molar-refractivity contribution in [3.8, 4) is 0 Å². The molecular weight excluding hydrogens is 232 g/mol. The van der Waals surface area contributed by atoms with Crippen molar-refractivity contribution in [2.24, 2.45) is 0 Å². The Morgan fingerprint density at radius 3 is 2.94 bits per heavy atom. The minimum absolute atomic E-state index is 0.138. The second-order valence-corrected chi connectivity index (χ2v) is 3.67. The summed E-state index contributed by atoms with van der Waals surface area (Å²) >= 11 is 0. The normalized spacial score (nSPS) is 10.1. The van der Waals surface area contributed by atoms with Crippen molar-refractivity contribution in [1.82, 2.24) is 10.3 Å². The van der Waals surface area contributed by atoms with Gasteiger partial charge in [-0.15, -0.1) is 0 Å². The summed E-state index contributed by atoms with van der Waals surface area (Å²) in [5, 5.41) is 3.36. The minimum atomic E-state index is -0.481. The van der Waals surface area contributed by atoms with Gasteiger partial charge in [0.1, 0.15) is 6.54 Å². The Morgan fingerprint density at radius 2 is 2.17 bits per heavy atom. The summed E-state index contributed by atoms with van der Waals surface area (Å²) < 4.78 is 4.44. The van der Waals surface area contributed by atoms with Crippen molar-refractivity contribution in [1.29, 1.82) is 0 Å². The van der Waals surface area contributed by atoms with E-state index < -0.39 is 5.97 Å². The molecule has 2 rings (SSSR count). The number of benzene rings is 1. The van der Waals surface area contributed by atoms with E-state index in [1.54, 1.807) is 30.5 Å². The highest BCUT2D eigenvalue weighted by Gasteiger charge is 2.08. The van der Waals surface area contributed by atoms with Gasteiger partial charge in [0.25, 0.3) is 5.91 Å². The molecule has 0 unspecified atom stereocenters. The summed E-state index contributed by atoms with van der Waals surface area (Å²) in [5.74, 6) is -0.794. The van der Waals surface area contributed by atoms with Crippen LogP contribution in [0.2, 0.25) is 0 Å². The lowest BCUT2D eigenvalue weighted by Gasteiger charge is -2.04. The molecule has 0 atom stereocenters. The van der Waals surface area contributed by atoms with Crippen molar-refractivity contribution in [3.63, 3.8) is 0 Å². The topological polar surface area (TPSA) is 68.3 Å². The number of methoxy groups -OCH3 is 1. The first-order valence-electron chi connectivity index (χ1n) is 5.40. The molecule has 0 saturated carbocycles. The summed E-state index contributed by atoms with van der Waals surface area (Å²) in [4.78, 5) is 26.8. The lowest BCUT2D eigenvalue weighted by Crippen LogP contribution is -2.30. The summed E-state index contributed by atoms with van der Waals surface area (Å²) in [6.07, 6.45) is 1.69. The predicted molar refractivity (Wildman–Crippen MR) is 66.1 cm³/mol. The average Bonchev–Trinajstić information content (AvgIpc) is 2.43. The number of hydrogen-bond donors (Lipinski definition) is 1. The molecule has 5 heteroatoms. The van der Waals surface area contributed by atoms with Gasteiger partial charge >= 0.3 is 5.97 Å². The van der Waals surface area contributed by atoms with Crippen molar-refractivity contribution in [3.05, 3.63) is 42.1 Å². The fourth-order valence-electron chi connectivity index (χ4n) is 1.54. The van der Waals surface area contributed by atoms with Crippen LogP contribution in [0.1, 0.15) is 10.4 Å². The fraction of sp³-hybridized carbons (Fsp3) is 0.154. The van der Waals surface area contributed by atoms with Crippen LogP contribution in [-0.4, -0.2) is 30.5 Å². The van der Waals surface area contributed by atoms with Crippen molar-refractivity contribution in [2.75, 3.05) is 13.7 Å². The molecule has 18 heavy (non-hydrogen) atoms. The quantitative estimate of drug-likeness (QED) is 0.822. The Hall–Kier alpha value is -2.43. The first-order valence-corrected chi connectivity index (χ1v) is 5.40. The smallest absolute Gasteiger partial charge is 0.325 e. The first-order chi connectivity index (χ1) is 8.70. The Bertz CT molecular complexity index is 596. The number of nitrogens with zero attached hydrogens (tertiary/aromatic N) is 1. The van der Waals surface area contributed by atoms with E-state index in [9.17, 15) is 9.59 Å². The molecule has 0 spiro atoms. The van der Waals surface area contributed by atoms with Gasteiger partial charge < -0.3 is 10.1 Å². The van der Waals surface area contributed by atoms with Gasteiger partial charge in [0, 0.05) is 17.1 Å². The highest BCUT2D eigenvalue weighted by atomic mass is 16.5. The van der Waals surface area contributed by atoms with Gasteiger partial charge in [0.15, 0.2) is 0 Å². The maximum absolute atomic E-state index is 11.8. The van der Waals surface area contributed by atoms with Crippen molar-refractivity contribution >= 4 is 22.8 Å². The molecule has 0 aliphatic carbocycles. The molecule has 1 N–H and O–H groups in total. The van der Waals surface area contributed by atoms with Crippen LogP contribution in [0.5, 0.6) is 0 Å². The average molecular weight is 244 g/mol. The molecule has 2 aromatic rings. The molecule has 1 heterocycles. The van der Waals surface area contributed by atoms with Crippen LogP contribution in [0.3, 0.4) is 0 Å². The Balaban J connectivity index is 2.15. The van der Waals surface area contributed by atoms with Crippen LogP contribution >= 0.6 is 0 Å². The zero-order valence-electron chi connectivity index (χ0n) is 9.84. The van der Waals surface area contributed by atoms with Crippen molar-refractivity contribution < 1.29 is 14.3 Å². The third-order valence-corrected chi connectivity index (χ3v) is 2.49. The molecule has 5 nitrogen and oxygen atoms in total. The third kappa shape index (κ3) is 2.63. The summed E-state index contributed by atoms with van der Waals surface area (Å²) in [6.45, 7) is -0.138. The molecule has 0 saturated heterocycles. The van der Waals surface area contributed by atoms with E-state index in [1.807, 2.05) is 6.07 Å². The number of pyridine rings is 1. The van der Waals surface area contributed by atoms with Crippen LogP contribution in [0.15, 0.2) is 36.5 Å². The van der Waals surface area contributed by atoms with Crippen LogP contribution < -0.4 is 5.32 Å². The lowest BCUT2D eigenvalue weighted by atomic mass is 10.1. The van der Waals surface area contributed by atoms with Gasteiger partial charge in [-0.3, -0.25) is 14.6 Å². The second kappa shape index (κ2) is 5.27. The van der Waals surface area contributed by atoms with E-state index in [4.69, 9.17) is 0 Å². The molecule has 0 fully saturated rings. The monoisotopic (exact) mass is 244 g/mol. The predicted octanol–water partition coefficient (Wildman–Crippen LogP) is 1.14. The Morgan fingerprint density at radius 1 is 1.33 bits per heavy atom. The summed E-state index contributed by atoms with van der Waals surface area (Å²) in [5.41, 5.74) is 1.31. The number of carbonyl (C=O) groups excluding carboxylic acids is 2. The molecule has 92 valence electrons. The molecule has 1 aromatic heterocycles. The van der Waals surface area contributed by atoms with Gasteiger partial charge in [-0.1, -0.05) is 6.07 Å². The highest BCUT2D eigenvalue weighted by molar-refractivity contribution is 5.99. The van der Waals surface area contributed by atoms with Gasteiger partial charge in [0.2, 0.25) is 0 Å². The van der Waals surface area contributed by atoms with Crippen LogP contribution in [0.25, 0.3) is 10.9 Å². The molecule has 0 bridgehead atoms. The molecule has 0 radical (unpaired) electrons. The maximum Gasteiger partial charge on any atom is 0.325 e.